The highest BCUT2D eigenvalue weighted by atomic mass is 79.9. The highest BCUT2D eigenvalue weighted by molar-refractivity contribution is 9.10. The monoisotopic (exact) mass is 528 g/mol. The number of hydrogen-bond acceptors (Lipinski definition) is 8. The molecule has 3 aromatic carbocycles. The van der Waals surface area contributed by atoms with Crippen LogP contribution < -0.4 is 14.9 Å². The first kappa shape index (κ1) is 24.3. The van der Waals surface area contributed by atoms with Crippen molar-refractivity contribution in [3.63, 3.8) is 0 Å². The molecule has 0 heterocycles. The number of carbonyl (C=O) groups excluding carboxylic acids is 1. The molecule has 1 N–H and O–H groups in total. The van der Waals surface area contributed by atoms with Crippen molar-refractivity contribution in [2.45, 2.75) is 6.42 Å². The number of benzene rings is 3. The van der Waals surface area contributed by atoms with E-state index in [9.17, 15) is 25.0 Å². The van der Waals surface area contributed by atoms with E-state index in [-0.39, 0.29) is 29.6 Å². The van der Waals surface area contributed by atoms with Crippen LogP contribution in [0.1, 0.15) is 11.1 Å². The molecule has 0 aromatic heterocycles. The molecule has 0 spiro atoms. The van der Waals surface area contributed by atoms with E-state index in [1.807, 2.05) is 24.3 Å². The van der Waals surface area contributed by atoms with E-state index in [1.165, 1.54) is 19.4 Å². The van der Waals surface area contributed by atoms with Crippen LogP contribution in [0.25, 0.3) is 0 Å². The Hall–Kier alpha value is -4.32. The second-order valence-corrected chi connectivity index (χ2v) is 7.69. The minimum atomic E-state index is -0.771. The van der Waals surface area contributed by atoms with Crippen molar-refractivity contribution in [3.8, 4) is 17.2 Å². The van der Waals surface area contributed by atoms with E-state index >= 15 is 0 Å². The summed E-state index contributed by atoms with van der Waals surface area (Å²) in [5.41, 5.74) is 2.84. The van der Waals surface area contributed by atoms with Crippen LogP contribution in [0.4, 0.5) is 11.4 Å². The van der Waals surface area contributed by atoms with E-state index < -0.39 is 21.2 Å². The molecule has 12 heteroatoms. The summed E-state index contributed by atoms with van der Waals surface area (Å²) in [6, 6.07) is 15.0. The Morgan fingerprint density at radius 1 is 1.00 bits per heavy atom. The summed E-state index contributed by atoms with van der Waals surface area (Å²) >= 11 is 3.33. The zero-order chi connectivity index (χ0) is 24.7. The first-order valence-electron chi connectivity index (χ1n) is 9.62. The molecular weight excluding hydrogens is 512 g/mol. The van der Waals surface area contributed by atoms with Gasteiger partial charge < -0.3 is 9.47 Å². The topological polar surface area (TPSA) is 146 Å². The number of hydrazone groups is 1. The number of methoxy groups -OCH3 is 1. The number of nitro benzene ring substituents is 2. The van der Waals surface area contributed by atoms with Gasteiger partial charge >= 0.3 is 5.69 Å². The lowest BCUT2D eigenvalue weighted by Gasteiger charge is -2.11. The molecule has 174 valence electrons. The smallest absolute Gasteiger partial charge is 0.318 e. The van der Waals surface area contributed by atoms with Crippen molar-refractivity contribution in [1.29, 1.82) is 0 Å². The zero-order valence-electron chi connectivity index (χ0n) is 17.6. The largest absolute Gasteiger partial charge is 0.493 e. The lowest BCUT2D eigenvalue weighted by molar-refractivity contribution is -0.394. The van der Waals surface area contributed by atoms with Gasteiger partial charge in [-0.05, 0) is 47.5 Å². The van der Waals surface area contributed by atoms with Crippen LogP contribution in [0, 0.1) is 20.2 Å². The second-order valence-electron chi connectivity index (χ2n) is 6.78. The SMILES string of the molecule is COc1cc(/C=N/NC(=O)Cc2ccc(Br)cc2)ccc1Oc1ccc([N+](=O)[O-])cc1[N+](=O)[O-]. The molecule has 0 saturated heterocycles. The molecule has 34 heavy (non-hydrogen) atoms. The summed E-state index contributed by atoms with van der Waals surface area (Å²) in [4.78, 5) is 32.8. The Kier molecular flexibility index (Phi) is 7.88. The first-order chi connectivity index (χ1) is 16.3. The van der Waals surface area contributed by atoms with Gasteiger partial charge in [0.25, 0.3) is 5.69 Å². The molecule has 0 unspecified atom stereocenters. The standard InChI is InChI=1S/C22H17BrN4O7/c1-33-21-10-15(13-24-25-22(28)11-14-2-5-16(23)6-3-14)4-8-20(21)34-19-9-7-17(26(29)30)12-18(19)27(31)32/h2-10,12-13H,11H2,1H3,(H,25,28)/b24-13+. The average molecular weight is 529 g/mol. The number of amides is 1. The maximum atomic E-state index is 12.0. The van der Waals surface area contributed by atoms with Gasteiger partial charge in [-0.15, -0.1) is 0 Å². The summed E-state index contributed by atoms with van der Waals surface area (Å²) in [5.74, 6) is -0.0971. The molecule has 0 aliphatic heterocycles. The maximum Gasteiger partial charge on any atom is 0.318 e. The molecule has 0 atom stereocenters. The minimum Gasteiger partial charge on any atom is -0.493 e. The van der Waals surface area contributed by atoms with Crippen molar-refractivity contribution >= 4 is 39.4 Å². The molecule has 0 saturated carbocycles. The highest BCUT2D eigenvalue weighted by Crippen LogP contribution is 2.38. The summed E-state index contributed by atoms with van der Waals surface area (Å²) in [6.07, 6.45) is 1.56. The van der Waals surface area contributed by atoms with E-state index in [0.29, 0.717) is 5.56 Å². The third-order valence-corrected chi connectivity index (χ3v) is 4.97. The molecular formula is C22H17BrN4O7. The molecule has 0 aliphatic rings. The number of nitrogens with zero attached hydrogens (tertiary/aromatic N) is 3. The fourth-order valence-electron chi connectivity index (χ4n) is 2.82. The Labute approximate surface area is 201 Å². The van der Waals surface area contributed by atoms with Crippen molar-refractivity contribution < 1.29 is 24.1 Å². The number of carbonyl (C=O) groups is 1. The predicted octanol–water partition coefficient (Wildman–Crippen LogP) is 4.76. The van der Waals surface area contributed by atoms with Gasteiger partial charge in [0.05, 0.1) is 35.7 Å². The van der Waals surface area contributed by atoms with Gasteiger partial charge in [-0.1, -0.05) is 28.1 Å². The maximum absolute atomic E-state index is 12.0. The average Bonchev–Trinajstić information content (AvgIpc) is 2.81. The first-order valence-corrected chi connectivity index (χ1v) is 10.4. The van der Waals surface area contributed by atoms with Crippen molar-refractivity contribution in [3.05, 3.63) is 96.5 Å². The van der Waals surface area contributed by atoms with Crippen LogP contribution in [-0.2, 0) is 11.2 Å². The fourth-order valence-corrected chi connectivity index (χ4v) is 3.09. The zero-order valence-corrected chi connectivity index (χ0v) is 19.2. The number of nitro groups is 2. The van der Waals surface area contributed by atoms with Crippen LogP contribution in [0.5, 0.6) is 17.2 Å². The molecule has 0 aliphatic carbocycles. The van der Waals surface area contributed by atoms with Gasteiger partial charge in [0, 0.05) is 10.5 Å². The number of halogens is 1. The van der Waals surface area contributed by atoms with Crippen LogP contribution in [0.2, 0.25) is 0 Å². The molecule has 3 aromatic rings. The van der Waals surface area contributed by atoms with E-state index in [4.69, 9.17) is 9.47 Å². The number of ether oxygens (including phenoxy) is 2. The molecule has 1 amide bonds. The van der Waals surface area contributed by atoms with Gasteiger partial charge in [-0.2, -0.15) is 5.10 Å². The summed E-state index contributed by atoms with van der Waals surface area (Å²) in [5, 5.41) is 26.1. The summed E-state index contributed by atoms with van der Waals surface area (Å²) in [6.45, 7) is 0. The second kappa shape index (κ2) is 11.0. The van der Waals surface area contributed by atoms with Crippen LogP contribution >= 0.6 is 15.9 Å². The van der Waals surface area contributed by atoms with Gasteiger partial charge in [-0.3, -0.25) is 25.0 Å². The number of non-ortho nitro benzene ring substituents is 1. The summed E-state index contributed by atoms with van der Waals surface area (Å²) < 4.78 is 11.8. The highest BCUT2D eigenvalue weighted by Gasteiger charge is 2.22. The quantitative estimate of drug-likeness (QED) is 0.239. The summed E-state index contributed by atoms with van der Waals surface area (Å²) in [7, 11) is 1.38. The van der Waals surface area contributed by atoms with Crippen LogP contribution in [0.3, 0.4) is 0 Å². The van der Waals surface area contributed by atoms with Crippen molar-refractivity contribution in [1.82, 2.24) is 5.43 Å². The third-order valence-electron chi connectivity index (χ3n) is 4.44. The fraction of sp³-hybridized carbons (Fsp3) is 0.0909. The van der Waals surface area contributed by atoms with Gasteiger partial charge in [0.2, 0.25) is 11.7 Å². The van der Waals surface area contributed by atoms with E-state index in [0.717, 1.165) is 28.2 Å². The van der Waals surface area contributed by atoms with Gasteiger partial charge in [0.15, 0.2) is 11.5 Å². The minimum absolute atomic E-state index is 0.149. The number of nitrogens with one attached hydrogen (secondary N) is 1. The lowest BCUT2D eigenvalue weighted by Crippen LogP contribution is -2.19. The van der Waals surface area contributed by atoms with Crippen LogP contribution in [0.15, 0.2) is 70.2 Å². The van der Waals surface area contributed by atoms with Crippen LogP contribution in [-0.4, -0.2) is 29.1 Å². The molecule has 0 radical (unpaired) electrons. The Balaban J connectivity index is 1.71. The molecule has 0 fully saturated rings. The van der Waals surface area contributed by atoms with E-state index in [2.05, 4.69) is 26.5 Å². The molecule has 0 bridgehead atoms. The van der Waals surface area contributed by atoms with Gasteiger partial charge in [-0.25, -0.2) is 5.43 Å². The van der Waals surface area contributed by atoms with Crippen molar-refractivity contribution in [2.24, 2.45) is 5.10 Å². The Morgan fingerprint density at radius 2 is 1.71 bits per heavy atom. The predicted molar refractivity (Wildman–Crippen MR) is 126 cm³/mol. The number of hydrogen-bond donors (Lipinski definition) is 1. The van der Waals surface area contributed by atoms with Gasteiger partial charge in [0.1, 0.15) is 0 Å². The molecule has 11 nitrogen and oxygen atoms in total. The Morgan fingerprint density at radius 3 is 2.35 bits per heavy atom. The molecule has 3 rings (SSSR count). The number of rotatable bonds is 9. The van der Waals surface area contributed by atoms with Crippen molar-refractivity contribution in [2.75, 3.05) is 7.11 Å². The third kappa shape index (κ3) is 6.36. The van der Waals surface area contributed by atoms with E-state index in [1.54, 1.807) is 12.1 Å². The lowest BCUT2D eigenvalue weighted by atomic mass is 10.1. The normalized spacial score (nSPS) is 10.6. The Bertz CT molecular complexity index is 1260.